The first-order valence-corrected chi connectivity index (χ1v) is 7.54. The molecule has 0 bridgehead atoms. The van der Waals surface area contributed by atoms with Gasteiger partial charge in [0.2, 0.25) is 0 Å². The molecule has 1 atom stereocenters. The molecule has 118 valence electrons. The van der Waals surface area contributed by atoms with Crippen LogP contribution in [0.25, 0.3) is 0 Å². The maximum Gasteiger partial charge on any atom is 0.254 e. The lowest BCUT2D eigenvalue weighted by Gasteiger charge is -2.25. The Bertz CT molecular complexity index is 664. The number of carbonyl (C=O) groups excluding carboxylic acids is 1. The van der Waals surface area contributed by atoms with Crippen molar-refractivity contribution >= 4 is 17.5 Å². The molecule has 5 heteroatoms. The topological polar surface area (TPSA) is 45.5 Å². The molecule has 0 aliphatic carbocycles. The average Bonchev–Trinajstić information content (AvgIpc) is 2.79. The summed E-state index contributed by atoms with van der Waals surface area (Å²) in [6.07, 6.45) is 0. The quantitative estimate of drug-likeness (QED) is 0.916. The number of nitrogens with zero attached hydrogens (tertiary/aromatic N) is 1. The molecule has 0 spiro atoms. The molecule has 22 heavy (non-hydrogen) atoms. The van der Waals surface area contributed by atoms with Gasteiger partial charge in [-0.3, -0.25) is 4.79 Å². The lowest BCUT2D eigenvalue weighted by Crippen LogP contribution is -2.34. The van der Waals surface area contributed by atoms with Gasteiger partial charge in [-0.05, 0) is 45.6 Å². The van der Waals surface area contributed by atoms with Gasteiger partial charge in [0, 0.05) is 11.6 Å². The number of likely N-dealkylation sites (N-methyl/N-ethyl adjacent to an activating group) is 1. The van der Waals surface area contributed by atoms with Crippen LogP contribution in [0.1, 0.15) is 33.5 Å². The minimum Gasteiger partial charge on any atom is -0.466 e. The molecule has 0 saturated heterocycles. The first-order chi connectivity index (χ1) is 10.4. The van der Waals surface area contributed by atoms with Crippen molar-refractivity contribution in [3.63, 3.8) is 0 Å². The zero-order valence-corrected chi connectivity index (χ0v) is 14.1. The molecule has 0 unspecified atom stereocenters. The highest BCUT2D eigenvalue weighted by molar-refractivity contribution is 6.31. The van der Waals surface area contributed by atoms with Crippen LogP contribution in [0.5, 0.6) is 0 Å². The van der Waals surface area contributed by atoms with Gasteiger partial charge in [-0.15, -0.1) is 0 Å². The number of rotatable bonds is 5. The van der Waals surface area contributed by atoms with Crippen molar-refractivity contribution in [3.8, 4) is 0 Å². The van der Waals surface area contributed by atoms with E-state index < -0.39 is 0 Å². The summed E-state index contributed by atoms with van der Waals surface area (Å²) in [4.78, 5) is 14.3. The van der Waals surface area contributed by atoms with Crippen LogP contribution in [0.15, 0.2) is 34.7 Å². The van der Waals surface area contributed by atoms with Crippen LogP contribution >= 0.6 is 11.6 Å². The fourth-order valence-corrected chi connectivity index (χ4v) is 2.72. The molecule has 1 aromatic heterocycles. The molecule has 2 rings (SSSR count). The Morgan fingerprint density at radius 1 is 1.32 bits per heavy atom. The summed E-state index contributed by atoms with van der Waals surface area (Å²) in [5.41, 5.74) is 1.57. The smallest absolute Gasteiger partial charge is 0.254 e. The Morgan fingerprint density at radius 3 is 2.55 bits per heavy atom. The van der Waals surface area contributed by atoms with Gasteiger partial charge in [-0.25, -0.2) is 0 Å². The maximum absolute atomic E-state index is 12.3. The summed E-state index contributed by atoms with van der Waals surface area (Å²) in [6.45, 7) is 4.09. The molecule has 1 aromatic carbocycles. The highest BCUT2D eigenvalue weighted by atomic mass is 35.5. The van der Waals surface area contributed by atoms with Gasteiger partial charge in [0.05, 0.1) is 11.6 Å². The van der Waals surface area contributed by atoms with Gasteiger partial charge < -0.3 is 14.6 Å². The molecular weight excluding hydrogens is 300 g/mol. The molecule has 0 saturated carbocycles. The standard InChI is InChI=1S/C17H21ClN2O2/c1-11-9-14(12(2)22-11)17(21)19-10-16(20(3)4)13-7-5-6-8-15(13)18/h5-9,16H,10H2,1-4H3,(H,19,21)/t16-/m0/s1. The van der Waals surface area contributed by atoms with E-state index in [1.54, 1.807) is 13.0 Å². The van der Waals surface area contributed by atoms with Crippen molar-refractivity contribution in [2.45, 2.75) is 19.9 Å². The molecule has 4 nitrogen and oxygen atoms in total. The summed E-state index contributed by atoms with van der Waals surface area (Å²) in [5.74, 6) is 1.24. The number of nitrogens with one attached hydrogen (secondary N) is 1. The molecule has 0 fully saturated rings. The Labute approximate surface area is 136 Å². The van der Waals surface area contributed by atoms with Crippen LogP contribution in [-0.4, -0.2) is 31.4 Å². The van der Waals surface area contributed by atoms with E-state index in [1.165, 1.54) is 0 Å². The van der Waals surface area contributed by atoms with Crippen molar-refractivity contribution < 1.29 is 9.21 Å². The van der Waals surface area contributed by atoms with Crippen LogP contribution in [0.2, 0.25) is 5.02 Å². The van der Waals surface area contributed by atoms with E-state index in [9.17, 15) is 4.79 Å². The van der Waals surface area contributed by atoms with Crippen LogP contribution < -0.4 is 5.32 Å². The zero-order valence-electron chi connectivity index (χ0n) is 13.3. The Hall–Kier alpha value is -1.78. The first-order valence-electron chi connectivity index (χ1n) is 7.16. The van der Waals surface area contributed by atoms with Crippen molar-refractivity contribution in [1.29, 1.82) is 0 Å². The number of benzene rings is 1. The third kappa shape index (κ3) is 3.70. The minimum atomic E-state index is -0.131. The predicted molar refractivity (Wildman–Crippen MR) is 88.4 cm³/mol. The first kappa shape index (κ1) is 16.6. The third-order valence-corrected chi connectivity index (χ3v) is 3.97. The van der Waals surface area contributed by atoms with E-state index in [-0.39, 0.29) is 11.9 Å². The van der Waals surface area contributed by atoms with Gasteiger partial charge in [0.25, 0.3) is 5.91 Å². The molecular formula is C17H21ClN2O2. The second kappa shape index (κ2) is 6.99. The minimum absolute atomic E-state index is 0.00551. The number of amides is 1. The zero-order chi connectivity index (χ0) is 16.3. The summed E-state index contributed by atoms with van der Waals surface area (Å²) in [6, 6.07) is 9.44. The van der Waals surface area contributed by atoms with Crippen LogP contribution in [0.4, 0.5) is 0 Å². The number of hydrogen-bond donors (Lipinski definition) is 1. The number of furan rings is 1. The predicted octanol–water partition coefficient (Wildman–Crippen LogP) is 3.58. The number of hydrogen-bond acceptors (Lipinski definition) is 3. The highest BCUT2D eigenvalue weighted by Gasteiger charge is 2.19. The second-order valence-corrected chi connectivity index (χ2v) is 5.95. The maximum atomic E-state index is 12.3. The number of carbonyl (C=O) groups is 1. The van der Waals surface area contributed by atoms with Crippen molar-refractivity contribution in [1.82, 2.24) is 10.2 Å². The lowest BCUT2D eigenvalue weighted by atomic mass is 10.1. The van der Waals surface area contributed by atoms with Gasteiger partial charge >= 0.3 is 0 Å². The van der Waals surface area contributed by atoms with Gasteiger partial charge in [-0.2, -0.15) is 0 Å². The molecule has 1 amide bonds. The SMILES string of the molecule is Cc1cc(C(=O)NC[C@@H](c2ccccc2Cl)N(C)C)c(C)o1. The van der Waals surface area contributed by atoms with E-state index in [1.807, 2.05) is 50.2 Å². The highest BCUT2D eigenvalue weighted by Crippen LogP contribution is 2.25. The summed E-state index contributed by atoms with van der Waals surface area (Å²) in [5, 5.41) is 3.66. The Balaban J connectivity index is 2.12. The summed E-state index contributed by atoms with van der Waals surface area (Å²) >= 11 is 6.27. The normalized spacial score (nSPS) is 12.5. The van der Waals surface area contributed by atoms with E-state index in [2.05, 4.69) is 5.32 Å². The van der Waals surface area contributed by atoms with Gasteiger partial charge in [0.1, 0.15) is 11.5 Å². The Morgan fingerprint density at radius 2 is 2.00 bits per heavy atom. The van der Waals surface area contributed by atoms with E-state index >= 15 is 0 Å². The Kier molecular flexibility index (Phi) is 5.27. The van der Waals surface area contributed by atoms with Crippen molar-refractivity contribution in [2.24, 2.45) is 0 Å². The summed E-state index contributed by atoms with van der Waals surface area (Å²) in [7, 11) is 3.93. The van der Waals surface area contributed by atoms with E-state index in [0.29, 0.717) is 22.9 Å². The van der Waals surface area contributed by atoms with Crippen molar-refractivity contribution in [3.05, 3.63) is 58.0 Å². The molecule has 0 aliphatic rings. The summed E-state index contributed by atoms with van der Waals surface area (Å²) < 4.78 is 5.40. The molecule has 1 heterocycles. The van der Waals surface area contributed by atoms with E-state index in [0.717, 1.165) is 11.3 Å². The second-order valence-electron chi connectivity index (χ2n) is 5.54. The van der Waals surface area contributed by atoms with Crippen molar-refractivity contribution in [2.75, 3.05) is 20.6 Å². The van der Waals surface area contributed by atoms with Gasteiger partial charge in [0.15, 0.2) is 0 Å². The average molecular weight is 321 g/mol. The largest absolute Gasteiger partial charge is 0.466 e. The van der Waals surface area contributed by atoms with E-state index in [4.69, 9.17) is 16.0 Å². The molecule has 1 N–H and O–H groups in total. The molecule has 2 aromatic rings. The number of halogens is 1. The number of aryl methyl sites for hydroxylation is 2. The monoisotopic (exact) mass is 320 g/mol. The van der Waals surface area contributed by atoms with Crippen LogP contribution in [-0.2, 0) is 0 Å². The fraction of sp³-hybridized carbons (Fsp3) is 0.353. The van der Waals surface area contributed by atoms with Gasteiger partial charge in [-0.1, -0.05) is 29.8 Å². The molecule has 0 radical (unpaired) electrons. The van der Waals surface area contributed by atoms with Crippen LogP contribution in [0.3, 0.4) is 0 Å². The lowest BCUT2D eigenvalue weighted by molar-refractivity contribution is 0.0940. The fourth-order valence-electron chi connectivity index (χ4n) is 2.46. The van der Waals surface area contributed by atoms with Crippen LogP contribution in [0, 0.1) is 13.8 Å². The third-order valence-electron chi connectivity index (χ3n) is 3.63. The molecule has 0 aliphatic heterocycles.